The van der Waals surface area contributed by atoms with Crippen molar-refractivity contribution in [2.45, 2.75) is 26.4 Å². The lowest BCUT2D eigenvalue weighted by atomic mass is 9.99. The first-order chi connectivity index (χ1) is 12.5. The van der Waals surface area contributed by atoms with Crippen molar-refractivity contribution in [1.82, 2.24) is 9.78 Å². The van der Waals surface area contributed by atoms with Gasteiger partial charge < -0.3 is 9.32 Å². The number of aryl methyl sites for hydroxylation is 2. The fraction of sp³-hybridized carbons (Fsp3) is 0.263. The summed E-state index contributed by atoms with van der Waals surface area (Å²) in [6, 6.07) is 8.99. The van der Waals surface area contributed by atoms with Crippen molar-refractivity contribution in [1.29, 1.82) is 0 Å². The van der Waals surface area contributed by atoms with Gasteiger partial charge in [0.1, 0.15) is 18.3 Å². The Kier molecular flexibility index (Phi) is 4.06. The molecule has 0 saturated carbocycles. The second-order valence-electron chi connectivity index (χ2n) is 6.44. The number of halogens is 2. The Balaban J connectivity index is 1.65. The van der Waals surface area contributed by atoms with Crippen LogP contribution in [0.25, 0.3) is 11.5 Å². The van der Waals surface area contributed by atoms with E-state index in [2.05, 4.69) is 5.10 Å². The number of aromatic nitrogens is 2. The third-order valence-corrected chi connectivity index (χ3v) is 4.48. The zero-order valence-electron chi connectivity index (χ0n) is 14.2. The van der Waals surface area contributed by atoms with Gasteiger partial charge >= 0.3 is 5.76 Å². The lowest BCUT2D eigenvalue weighted by Crippen LogP contribution is -2.35. The number of fused-ring (bicyclic) bond motifs is 1. The molecule has 2 heterocycles. The van der Waals surface area contributed by atoms with E-state index in [0.29, 0.717) is 17.8 Å². The molecule has 0 spiro atoms. The molecule has 4 rings (SSSR count). The van der Waals surface area contributed by atoms with E-state index in [1.807, 2.05) is 13.0 Å². The first kappa shape index (κ1) is 16.5. The highest BCUT2D eigenvalue weighted by Gasteiger charge is 2.23. The van der Waals surface area contributed by atoms with Crippen molar-refractivity contribution in [2.75, 3.05) is 11.4 Å². The van der Waals surface area contributed by atoms with E-state index in [1.165, 1.54) is 30.3 Å². The maximum absolute atomic E-state index is 14.5. The molecule has 2 aromatic carbocycles. The van der Waals surface area contributed by atoms with Gasteiger partial charge in [0.25, 0.3) is 0 Å². The molecule has 1 aliphatic heterocycles. The minimum atomic E-state index is -0.635. The summed E-state index contributed by atoms with van der Waals surface area (Å²) in [6.07, 6.45) is 1.67. The molecule has 0 N–H and O–H groups in total. The van der Waals surface area contributed by atoms with Crippen LogP contribution in [-0.4, -0.2) is 16.3 Å². The SMILES string of the molecule is Cc1cc(F)c2c(c1)CCCN2Cn1nc(-c2ccc(F)cc2)oc1=O. The first-order valence-electron chi connectivity index (χ1n) is 8.39. The Bertz CT molecular complexity index is 1010. The Labute approximate surface area is 148 Å². The molecule has 1 aromatic heterocycles. The molecule has 1 aliphatic rings. The van der Waals surface area contributed by atoms with Crippen LogP contribution in [-0.2, 0) is 13.1 Å². The van der Waals surface area contributed by atoms with Crippen LogP contribution in [0.1, 0.15) is 17.5 Å². The third kappa shape index (κ3) is 3.00. The van der Waals surface area contributed by atoms with Crippen LogP contribution in [0.3, 0.4) is 0 Å². The van der Waals surface area contributed by atoms with Gasteiger partial charge in [-0.05, 0) is 61.2 Å². The van der Waals surface area contributed by atoms with Crippen molar-refractivity contribution in [3.63, 3.8) is 0 Å². The first-order valence-corrected chi connectivity index (χ1v) is 8.39. The summed E-state index contributed by atoms with van der Waals surface area (Å²) >= 11 is 0. The van der Waals surface area contributed by atoms with E-state index in [9.17, 15) is 13.6 Å². The minimum Gasteiger partial charge on any atom is -0.388 e. The van der Waals surface area contributed by atoms with Gasteiger partial charge in [-0.1, -0.05) is 6.07 Å². The van der Waals surface area contributed by atoms with Crippen molar-refractivity contribution in [3.05, 3.63) is 69.7 Å². The Morgan fingerprint density at radius 3 is 2.73 bits per heavy atom. The highest BCUT2D eigenvalue weighted by molar-refractivity contribution is 5.57. The average molecular weight is 357 g/mol. The van der Waals surface area contributed by atoms with Gasteiger partial charge in [-0.3, -0.25) is 0 Å². The molecular weight excluding hydrogens is 340 g/mol. The largest absolute Gasteiger partial charge is 0.439 e. The minimum absolute atomic E-state index is 0.0938. The lowest BCUT2D eigenvalue weighted by Gasteiger charge is -2.31. The fourth-order valence-electron chi connectivity index (χ4n) is 3.33. The molecule has 0 unspecified atom stereocenters. The highest BCUT2D eigenvalue weighted by atomic mass is 19.1. The number of hydrogen-bond acceptors (Lipinski definition) is 4. The molecule has 0 atom stereocenters. The topological polar surface area (TPSA) is 51.3 Å². The number of benzene rings is 2. The van der Waals surface area contributed by atoms with Crippen molar-refractivity contribution >= 4 is 5.69 Å². The third-order valence-electron chi connectivity index (χ3n) is 4.48. The van der Waals surface area contributed by atoms with Crippen LogP contribution in [0.4, 0.5) is 14.5 Å². The molecule has 26 heavy (non-hydrogen) atoms. The van der Waals surface area contributed by atoms with Crippen LogP contribution < -0.4 is 10.7 Å². The van der Waals surface area contributed by atoms with E-state index in [1.54, 1.807) is 4.90 Å². The highest BCUT2D eigenvalue weighted by Crippen LogP contribution is 2.31. The Morgan fingerprint density at radius 1 is 1.19 bits per heavy atom. The maximum Gasteiger partial charge on any atom is 0.439 e. The van der Waals surface area contributed by atoms with Gasteiger partial charge in [0.15, 0.2) is 0 Å². The fourth-order valence-corrected chi connectivity index (χ4v) is 3.33. The number of anilines is 1. The van der Waals surface area contributed by atoms with Crippen LogP contribution in [0, 0.1) is 18.6 Å². The van der Waals surface area contributed by atoms with E-state index >= 15 is 0 Å². The molecule has 3 aromatic rings. The predicted octanol–water partition coefficient (Wildman–Crippen LogP) is 3.50. The summed E-state index contributed by atoms with van der Waals surface area (Å²) in [7, 11) is 0. The average Bonchev–Trinajstić information content (AvgIpc) is 2.96. The van der Waals surface area contributed by atoms with Crippen LogP contribution in [0.2, 0.25) is 0 Å². The van der Waals surface area contributed by atoms with Gasteiger partial charge in [0.05, 0.1) is 5.69 Å². The molecule has 0 radical (unpaired) electrons. The Hall–Kier alpha value is -2.96. The summed E-state index contributed by atoms with van der Waals surface area (Å²) in [5.41, 5.74) is 2.83. The van der Waals surface area contributed by atoms with Gasteiger partial charge in [-0.15, -0.1) is 5.10 Å². The van der Waals surface area contributed by atoms with Gasteiger partial charge in [-0.25, -0.2) is 13.6 Å². The molecular formula is C19H17F2N3O2. The van der Waals surface area contributed by atoms with E-state index in [0.717, 1.165) is 28.7 Å². The zero-order chi connectivity index (χ0) is 18.3. The number of nitrogens with zero attached hydrogens (tertiary/aromatic N) is 3. The summed E-state index contributed by atoms with van der Waals surface area (Å²) in [6.45, 7) is 2.58. The van der Waals surface area contributed by atoms with Gasteiger partial charge in [-0.2, -0.15) is 4.68 Å². The van der Waals surface area contributed by atoms with E-state index in [-0.39, 0.29) is 24.2 Å². The summed E-state index contributed by atoms with van der Waals surface area (Å²) in [5, 5.41) is 4.17. The Morgan fingerprint density at radius 2 is 1.96 bits per heavy atom. The van der Waals surface area contributed by atoms with Crippen molar-refractivity contribution in [3.8, 4) is 11.5 Å². The number of hydrogen-bond donors (Lipinski definition) is 0. The van der Waals surface area contributed by atoms with Crippen LogP contribution in [0.5, 0.6) is 0 Å². The van der Waals surface area contributed by atoms with E-state index < -0.39 is 5.76 Å². The molecule has 0 saturated heterocycles. The van der Waals surface area contributed by atoms with Gasteiger partial charge in [0, 0.05) is 12.1 Å². The molecule has 0 amide bonds. The standard InChI is InChI=1S/C19H17F2N3O2/c1-12-9-14-3-2-8-23(17(14)16(21)10-12)11-24-19(25)26-18(22-24)13-4-6-15(20)7-5-13/h4-7,9-10H,2-3,8,11H2,1H3. The monoisotopic (exact) mass is 357 g/mol. The molecule has 0 aliphatic carbocycles. The van der Waals surface area contributed by atoms with Crippen molar-refractivity contribution in [2.24, 2.45) is 0 Å². The van der Waals surface area contributed by atoms with Crippen LogP contribution in [0.15, 0.2) is 45.6 Å². The lowest BCUT2D eigenvalue weighted by molar-refractivity contribution is 0.464. The summed E-state index contributed by atoms with van der Waals surface area (Å²) in [5.74, 6) is -1.21. The molecule has 0 bridgehead atoms. The maximum atomic E-state index is 14.5. The predicted molar refractivity (Wildman–Crippen MR) is 93.0 cm³/mol. The van der Waals surface area contributed by atoms with E-state index in [4.69, 9.17) is 4.42 Å². The quantitative estimate of drug-likeness (QED) is 0.720. The molecule has 5 nitrogen and oxygen atoms in total. The van der Waals surface area contributed by atoms with Crippen LogP contribution >= 0.6 is 0 Å². The molecule has 0 fully saturated rings. The molecule has 134 valence electrons. The normalized spacial score (nSPS) is 13.7. The second-order valence-corrected chi connectivity index (χ2v) is 6.44. The van der Waals surface area contributed by atoms with Crippen molar-refractivity contribution < 1.29 is 13.2 Å². The summed E-state index contributed by atoms with van der Waals surface area (Å²) < 4.78 is 33.9. The zero-order valence-corrected chi connectivity index (χ0v) is 14.2. The van der Waals surface area contributed by atoms with Gasteiger partial charge in [0.2, 0.25) is 5.89 Å². The number of rotatable bonds is 3. The smallest absolute Gasteiger partial charge is 0.388 e. The summed E-state index contributed by atoms with van der Waals surface area (Å²) in [4.78, 5) is 13.9. The molecule has 7 heteroatoms. The second kappa shape index (κ2) is 6.40.